The van der Waals surface area contributed by atoms with Gasteiger partial charge in [-0.05, 0) is 13.3 Å². The van der Waals surface area contributed by atoms with Crippen molar-refractivity contribution in [1.29, 1.82) is 0 Å². The van der Waals surface area contributed by atoms with Gasteiger partial charge in [-0.3, -0.25) is 0 Å². The summed E-state index contributed by atoms with van der Waals surface area (Å²) < 4.78 is 13.0. The molecular formula is C13H17N5O3. The first-order chi connectivity index (χ1) is 10.2. The molecular weight excluding hydrogens is 274 g/mol. The van der Waals surface area contributed by atoms with Crippen molar-refractivity contribution in [2.45, 2.75) is 25.6 Å². The van der Waals surface area contributed by atoms with Crippen LogP contribution in [0, 0.1) is 6.92 Å². The molecule has 0 radical (unpaired) electrons. The number of nitrogens with zero attached hydrogens (tertiary/aromatic N) is 4. The highest BCUT2D eigenvalue weighted by atomic mass is 16.7. The van der Waals surface area contributed by atoms with Crippen molar-refractivity contribution in [2.24, 2.45) is 0 Å². The number of anilines is 1. The van der Waals surface area contributed by atoms with Crippen molar-refractivity contribution in [2.75, 3.05) is 31.2 Å². The van der Waals surface area contributed by atoms with Crippen LogP contribution in [-0.2, 0) is 9.47 Å². The maximum atomic E-state index is 11.6. The number of H-pyrrole nitrogens is 1. The van der Waals surface area contributed by atoms with E-state index in [0.717, 1.165) is 25.2 Å². The minimum atomic E-state index is -0.495. The van der Waals surface area contributed by atoms with Crippen LogP contribution in [0.4, 0.5) is 5.82 Å². The Balaban J connectivity index is 1.71. The van der Waals surface area contributed by atoms with E-state index in [9.17, 15) is 4.79 Å². The largest absolute Gasteiger partial charge is 0.351 e. The average Bonchev–Trinajstić information content (AvgIpc) is 3.07. The second kappa shape index (κ2) is 4.54. The predicted molar refractivity (Wildman–Crippen MR) is 74.4 cm³/mol. The molecule has 2 fully saturated rings. The molecule has 1 spiro atoms. The van der Waals surface area contributed by atoms with Gasteiger partial charge in [-0.15, -0.1) is 0 Å². The highest BCUT2D eigenvalue weighted by Gasteiger charge is 2.41. The van der Waals surface area contributed by atoms with E-state index in [-0.39, 0.29) is 5.69 Å². The first kappa shape index (κ1) is 12.8. The second-order valence-corrected chi connectivity index (χ2v) is 5.52. The van der Waals surface area contributed by atoms with Gasteiger partial charge in [-0.2, -0.15) is 5.10 Å². The maximum absolute atomic E-state index is 11.6. The molecule has 0 aromatic carbocycles. The van der Waals surface area contributed by atoms with Crippen molar-refractivity contribution in [3.05, 3.63) is 22.4 Å². The maximum Gasteiger partial charge on any atom is 0.349 e. The number of fused-ring (bicyclic) bond motifs is 1. The first-order valence-electron chi connectivity index (χ1n) is 7.15. The van der Waals surface area contributed by atoms with E-state index in [1.165, 1.54) is 4.40 Å². The van der Waals surface area contributed by atoms with Crippen molar-refractivity contribution in [3.63, 3.8) is 0 Å². The molecule has 2 aromatic rings. The molecule has 8 heteroatoms. The Morgan fingerprint density at radius 3 is 3.00 bits per heavy atom. The summed E-state index contributed by atoms with van der Waals surface area (Å²) in [5, 5.41) is 6.47. The van der Waals surface area contributed by atoms with Crippen LogP contribution in [0.15, 0.2) is 10.9 Å². The molecule has 0 amide bonds. The second-order valence-electron chi connectivity index (χ2n) is 5.52. The Hall–Kier alpha value is -1.93. The summed E-state index contributed by atoms with van der Waals surface area (Å²) in [6.07, 6.45) is 1.89. The lowest BCUT2D eigenvalue weighted by molar-refractivity contribution is -0.161. The lowest BCUT2D eigenvalue weighted by atomic mass is 10.0. The molecule has 0 atom stereocenters. The Morgan fingerprint density at radius 1 is 1.38 bits per heavy atom. The first-order valence-corrected chi connectivity index (χ1v) is 7.15. The zero-order valence-electron chi connectivity index (χ0n) is 11.8. The van der Waals surface area contributed by atoms with E-state index >= 15 is 0 Å². The van der Waals surface area contributed by atoms with Gasteiger partial charge in [-0.25, -0.2) is 19.3 Å². The summed E-state index contributed by atoms with van der Waals surface area (Å²) in [5.41, 5.74) is 0.314. The van der Waals surface area contributed by atoms with Gasteiger partial charge in [0, 0.05) is 19.0 Å². The fraction of sp³-hybridized carbons (Fsp3) is 0.615. The van der Waals surface area contributed by atoms with E-state index in [0.29, 0.717) is 31.2 Å². The molecule has 0 unspecified atom stereocenters. The standard InChI is InChI=1S/C13H17N5O3/c1-9-14-10(7-11-15-16-12(19)18(9)11)17-4-2-3-13(8-17)20-5-6-21-13/h7H,2-6,8H2,1H3,(H,16,19). The van der Waals surface area contributed by atoms with E-state index in [1.54, 1.807) is 6.92 Å². The zero-order valence-corrected chi connectivity index (χ0v) is 11.8. The van der Waals surface area contributed by atoms with Crippen LogP contribution in [0.2, 0.25) is 0 Å². The van der Waals surface area contributed by atoms with E-state index < -0.39 is 5.79 Å². The summed E-state index contributed by atoms with van der Waals surface area (Å²) in [6.45, 7) is 4.65. The van der Waals surface area contributed by atoms with Gasteiger partial charge in [0.15, 0.2) is 11.4 Å². The number of nitrogens with one attached hydrogen (secondary N) is 1. The van der Waals surface area contributed by atoms with Crippen LogP contribution in [0.3, 0.4) is 0 Å². The molecule has 0 aliphatic carbocycles. The highest BCUT2D eigenvalue weighted by Crippen LogP contribution is 2.32. The molecule has 2 aliphatic heterocycles. The molecule has 0 saturated carbocycles. The molecule has 0 bridgehead atoms. The molecule has 2 aromatic heterocycles. The topological polar surface area (TPSA) is 84.8 Å². The Kier molecular flexibility index (Phi) is 2.76. The summed E-state index contributed by atoms with van der Waals surface area (Å²) in [7, 11) is 0. The number of aryl methyl sites for hydroxylation is 1. The van der Waals surface area contributed by atoms with Gasteiger partial charge in [0.2, 0.25) is 0 Å². The van der Waals surface area contributed by atoms with Crippen molar-refractivity contribution < 1.29 is 9.47 Å². The van der Waals surface area contributed by atoms with Gasteiger partial charge >= 0.3 is 5.69 Å². The SMILES string of the molecule is Cc1nc(N2CCCC3(C2)OCCO3)cc2n[nH]c(=O)n12. The molecule has 2 aliphatic rings. The lowest BCUT2D eigenvalue weighted by Gasteiger charge is -2.39. The van der Waals surface area contributed by atoms with Gasteiger partial charge in [0.1, 0.15) is 11.6 Å². The van der Waals surface area contributed by atoms with E-state index in [4.69, 9.17) is 9.47 Å². The fourth-order valence-corrected chi connectivity index (χ4v) is 3.16. The summed E-state index contributed by atoms with van der Waals surface area (Å²) in [5.74, 6) is 0.928. The van der Waals surface area contributed by atoms with Crippen molar-refractivity contribution in [3.8, 4) is 0 Å². The number of hydrogen-bond acceptors (Lipinski definition) is 6. The third kappa shape index (κ3) is 2.02. The zero-order chi connectivity index (χ0) is 14.4. The van der Waals surface area contributed by atoms with Crippen molar-refractivity contribution >= 4 is 11.5 Å². The molecule has 2 saturated heterocycles. The normalized spacial score (nSPS) is 21.5. The van der Waals surface area contributed by atoms with Crippen LogP contribution < -0.4 is 10.6 Å². The van der Waals surface area contributed by atoms with E-state index in [1.807, 2.05) is 6.07 Å². The van der Waals surface area contributed by atoms with Gasteiger partial charge < -0.3 is 14.4 Å². The minimum absolute atomic E-state index is 0.265. The van der Waals surface area contributed by atoms with E-state index in [2.05, 4.69) is 20.1 Å². The minimum Gasteiger partial charge on any atom is -0.351 e. The summed E-state index contributed by atoms with van der Waals surface area (Å²) in [6, 6.07) is 1.82. The fourth-order valence-electron chi connectivity index (χ4n) is 3.16. The number of aromatic amines is 1. The van der Waals surface area contributed by atoms with Crippen LogP contribution >= 0.6 is 0 Å². The third-order valence-corrected chi connectivity index (χ3v) is 4.11. The van der Waals surface area contributed by atoms with Gasteiger partial charge in [0.25, 0.3) is 0 Å². The van der Waals surface area contributed by atoms with Crippen LogP contribution in [0.5, 0.6) is 0 Å². The van der Waals surface area contributed by atoms with Crippen LogP contribution in [0.1, 0.15) is 18.7 Å². The summed E-state index contributed by atoms with van der Waals surface area (Å²) >= 11 is 0. The predicted octanol–water partition coefficient (Wildman–Crippen LogP) is 0.0693. The van der Waals surface area contributed by atoms with Crippen LogP contribution in [-0.4, -0.2) is 51.7 Å². The number of ether oxygens (including phenoxy) is 2. The van der Waals surface area contributed by atoms with Crippen molar-refractivity contribution in [1.82, 2.24) is 19.6 Å². The monoisotopic (exact) mass is 291 g/mol. The number of hydrogen-bond donors (Lipinski definition) is 1. The average molecular weight is 291 g/mol. The molecule has 1 N–H and O–H groups in total. The molecule has 4 rings (SSSR count). The number of aromatic nitrogens is 4. The van der Waals surface area contributed by atoms with Gasteiger partial charge in [-0.1, -0.05) is 0 Å². The molecule has 112 valence electrons. The van der Waals surface area contributed by atoms with Gasteiger partial charge in [0.05, 0.1) is 19.8 Å². The quantitative estimate of drug-likeness (QED) is 0.800. The third-order valence-electron chi connectivity index (χ3n) is 4.11. The Morgan fingerprint density at radius 2 is 2.19 bits per heavy atom. The molecule has 8 nitrogen and oxygen atoms in total. The highest BCUT2D eigenvalue weighted by molar-refractivity contribution is 5.51. The summed E-state index contributed by atoms with van der Waals surface area (Å²) in [4.78, 5) is 18.3. The lowest BCUT2D eigenvalue weighted by Crippen LogP contribution is -2.49. The Labute approximate surface area is 120 Å². The molecule has 21 heavy (non-hydrogen) atoms. The smallest absolute Gasteiger partial charge is 0.349 e. The van der Waals surface area contributed by atoms with Crippen LogP contribution in [0.25, 0.3) is 5.65 Å². The number of rotatable bonds is 1. The Bertz CT molecular complexity index is 731. The molecule has 4 heterocycles. The number of piperidine rings is 1.